The Hall–Kier alpha value is -0.790. The van der Waals surface area contributed by atoms with Crippen molar-refractivity contribution in [2.75, 3.05) is 0 Å². The summed E-state index contributed by atoms with van der Waals surface area (Å²) in [6.07, 6.45) is 6.56. The average Bonchev–Trinajstić information content (AvgIpc) is 2.35. The molecule has 1 aliphatic rings. The summed E-state index contributed by atoms with van der Waals surface area (Å²) in [5.74, 6) is 0.261. The first-order valence-corrected chi connectivity index (χ1v) is 4.04. The molecule has 0 fully saturated rings. The van der Waals surface area contributed by atoms with Crippen molar-refractivity contribution >= 4 is 5.97 Å². The summed E-state index contributed by atoms with van der Waals surface area (Å²) in [5.41, 5.74) is 0. The second kappa shape index (κ2) is 3.56. The van der Waals surface area contributed by atoms with Crippen molar-refractivity contribution < 1.29 is 9.53 Å². The van der Waals surface area contributed by atoms with Crippen molar-refractivity contribution in [1.82, 2.24) is 0 Å². The molecule has 0 aromatic rings. The Morgan fingerprint density at radius 1 is 1.73 bits per heavy atom. The van der Waals surface area contributed by atoms with Gasteiger partial charge in [-0.2, -0.15) is 0 Å². The second-order valence-electron chi connectivity index (χ2n) is 2.98. The van der Waals surface area contributed by atoms with Gasteiger partial charge in [-0.25, -0.2) is 0 Å². The molecular formula is C9H14O2. The molecule has 1 rings (SSSR count). The molecule has 2 nitrogen and oxygen atoms in total. The smallest absolute Gasteiger partial charge is 0.302 e. The monoisotopic (exact) mass is 154 g/mol. The predicted molar refractivity (Wildman–Crippen MR) is 43.1 cm³/mol. The van der Waals surface area contributed by atoms with Crippen LogP contribution in [0.1, 0.15) is 26.7 Å². The molecule has 0 radical (unpaired) electrons. The van der Waals surface area contributed by atoms with Crippen molar-refractivity contribution in [3.63, 3.8) is 0 Å². The van der Waals surface area contributed by atoms with Crippen molar-refractivity contribution in [2.24, 2.45) is 5.92 Å². The van der Waals surface area contributed by atoms with Gasteiger partial charge in [0.05, 0.1) is 0 Å². The lowest BCUT2D eigenvalue weighted by molar-refractivity contribution is -0.147. The molecule has 0 spiro atoms. The molecule has 1 aliphatic carbocycles. The Labute approximate surface area is 67.2 Å². The Morgan fingerprint density at radius 3 is 2.91 bits per heavy atom. The quantitative estimate of drug-likeness (QED) is 0.448. The van der Waals surface area contributed by atoms with Gasteiger partial charge in [0.2, 0.25) is 0 Å². The van der Waals surface area contributed by atoms with Crippen LogP contribution < -0.4 is 0 Å². The maximum atomic E-state index is 10.6. The van der Waals surface area contributed by atoms with Gasteiger partial charge in [-0.1, -0.05) is 12.2 Å². The summed E-state index contributed by atoms with van der Waals surface area (Å²) in [5, 5.41) is 0. The van der Waals surface area contributed by atoms with Crippen molar-refractivity contribution in [1.29, 1.82) is 0 Å². The van der Waals surface area contributed by atoms with Crippen LogP contribution >= 0.6 is 0 Å². The summed E-state index contributed by atoms with van der Waals surface area (Å²) in [6.45, 7) is 3.40. The number of carbonyl (C=O) groups excluding carboxylic acids is 1. The topological polar surface area (TPSA) is 26.3 Å². The molecule has 11 heavy (non-hydrogen) atoms. The van der Waals surface area contributed by atoms with E-state index in [0.29, 0.717) is 5.92 Å². The van der Waals surface area contributed by atoms with Crippen LogP contribution in [0.4, 0.5) is 0 Å². The lowest BCUT2D eigenvalue weighted by Crippen LogP contribution is -2.19. The highest BCUT2D eigenvalue weighted by molar-refractivity contribution is 5.66. The van der Waals surface area contributed by atoms with Crippen LogP contribution in [-0.2, 0) is 9.53 Å². The van der Waals surface area contributed by atoms with Gasteiger partial charge >= 0.3 is 5.97 Å². The largest absolute Gasteiger partial charge is 0.462 e. The molecule has 0 saturated carbocycles. The van der Waals surface area contributed by atoms with Crippen LogP contribution in [0.5, 0.6) is 0 Å². The maximum Gasteiger partial charge on any atom is 0.302 e. The minimum atomic E-state index is -0.183. The fourth-order valence-corrected chi connectivity index (χ4v) is 1.40. The Kier molecular flexibility index (Phi) is 2.69. The molecule has 0 heterocycles. The van der Waals surface area contributed by atoms with Crippen LogP contribution in [0, 0.1) is 5.92 Å². The zero-order valence-electron chi connectivity index (χ0n) is 7.04. The molecule has 0 aliphatic heterocycles. The number of esters is 1. The van der Waals surface area contributed by atoms with E-state index in [1.54, 1.807) is 0 Å². The maximum absolute atomic E-state index is 10.6. The van der Waals surface area contributed by atoms with Crippen LogP contribution in [0.25, 0.3) is 0 Å². The lowest BCUT2D eigenvalue weighted by atomic mass is 10.0. The Bertz CT molecular complexity index is 172. The number of hydrogen-bond acceptors (Lipinski definition) is 2. The lowest BCUT2D eigenvalue weighted by Gasteiger charge is -2.16. The summed E-state index contributed by atoms with van der Waals surface area (Å²) in [7, 11) is 0. The highest BCUT2D eigenvalue weighted by Crippen LogP contribution is 2.22. The molecule has 0 aromatic carbocycles. The van der Waals surface area contributed by atoms with Gasteiger partial charge in [0, 0.05) is 12.8 Å². The van der Waals surface area contributed by atoms with Gasteiger partial charge in [0.1, 0.15) is 6.10 Å². The van der Waals surface area contributed by atoms with E-state index in [0.717, 1.165) is 12.8 Å². The standard InChI is InChI=1S/C9H14O2/c1-7(11-8(2)10)9-5-3-4-6-9/h3,5,7,9H,4,6H2,1-2H3. The molecule has 2 unspecified atom stereocenters. The van der Waals surface area contributed by atoms with Crippen LogP contribution in [0.2, 0.25) is 0 Å². The van der Waals surface area contributed by atoms with E-state index < -0.39 is 0 Å². The third kappa shape index (κ3) is 2.37. The van der Waals surface area contributed by atoms with Crippen molar-refractivity contribution in [2.45, 2.75) is 32.8 Å². The molecular weight excluding hydrogens is 140 g/mol. The number of rotatable bonds is 2. The minimum Gasteiger partial charge on any atom is -0.462 e. The predicted octanol–water partition coefficient (Wildman–Crippen LogP) is 1.90. The summed E-state index contributed by atoms with van der Waals surface area (Å²) >= 11 is 0. The molecule has 0 saturated heterocycles. The van der Waals surface area contributed by atoms with Gasteiger partial charge in [0.15, 0.2) is 0 Å². The van der Waals surface area contributed by atoms with E-state index in [9.17, 15) is 4.79 Å². The molecule has 0 aromatic heterocycles. The highest BCUT2D eigenvalue weighted by atomic mass is 16.5. The fourth-order valence-electron chi connectivity index (χ4n) is 1.40. The third-order valence-corrected chi connectivity index (χ3v) is 2.00. The van der Waals surface area contributed by atoms with Gasteiger partial charge in [0.25, 0.3) is 0 Å². The van der Waals surface area contributed by atoms with Crippen LogP contribution in [-0.4, -0.2) is 12.1 Å². The van der Waals surface area contributed by atoms with Crippen molar-refractivity contribution in [3.8, 4) is 0 Å². The van der Waals surface area contributed by atoms with Gasteiger partial charge < -0.3 is 4.74 Å². The molecule has 0 bridgehead atoms. The summed E-state index contributed by atoms with van der Waals surface area (Å²) in [6, 6.07) is 0. The number of ether oxygens (including phenoxy) is 1. The number of carbonyl (C=O) groups is 1. The third-order valence-electron chi connectivity index (χ3n) is 2.00. The summed E-state index contributed by atoms with van der Waals surface area (Å²) in [4.78, 5) is 10.6. The van der Waals surface area contributed by atoms with E-state index in [4.69, 9.17) is 4.74 Å². The van der Waals surface area contributed by atoms with Crippen LogP contribution in [0.15, 0.2) is 12.2 Å². The SMILES string of the molecule is CC(=O)OC(C)C1C=CCC1. The first kappa shape index (κ1) is 8.31. The molecule has 0 amide bonds. The molecule has 62 valence electrons. The van der Waals surface area contributed by atoms with Crippen molar-refractivity contribution in [3.05, 3.63) is 12.2 Å². The fraction of sp³-hybridized carbons (Fsp3) is 0.667. The number of hydrogen-bond donors (Lipinski definition) is 0. The van der Waals surface area contributed by atoms with Gasteiger partial charge in [-0.05, 0) is 19.8 Å². The first-order valence-electron chi connectivity index (χ1n) is 4.04. The Morgan fingerprint density at radius 2 is 2.45 bits per heavy atom. The zero-order chi connectivity index (χ0) is 8.27. The van der Waals surface area contributed by atoms with Gasteiger partial charge in [-0.15, -0.1) is 0 Å². The molecule has 2 heteroatoms. The van der Waals surface area contributed by atoms with E-state index in [1.165, 1.54) is 6.92 Å². The van der Waals surface area contributed by atoms with E-state index in [1.807, 2.05) is 6.92 Å². The summed E-state index contributed by atoms with van der Waals surface area (Å²) < 4.78 is 5.04. The molecule has 0 N–H and O–H groups in total. The van der Waals surface area contributed by atoms with E-state index >= 15 is 0 Å². The average molecular weight is 154 g/mol. The van der Waals surface area contributed by atoms with Crippen LogP contribution in [0.3, 0.4) is 0 Å². The van der Waals surface area contributed by atoms with E-state index in [-0.39, 0.29) is 12.1 Å². The first-order chi connectivity index (χ1) is 5.20. The molecule has 2 atom stereocenters. The van der Waals surface area contributed by atoms with Gasteiger partial charge in [-0.3, -0.25) is 4.79 Å². The zero-order valence-corrected chi connectivity index (χ0v) is 7.04. The number of allylic oxidation sites excluding steroid dienone is 1. The Balaban J connectivity index is 2.34. The minimum absolute atomic E-state index is 0.0475. The normalized spacial score (nSPS) is 25.1. The highest BCUT2D eigenvalue weighted by Gasteiger charge is 2.18. The second-order valence-corrected chi connectivity index (χ2v) is 2.98. The van der Waals surface area contributed by atoms with E-state index in [2.05, 4.69) is 12.2 Å².